The Labute approximate surface area is 137 Å². The fourth-order valence-electron chi connectivity index (χ4n) is 2.67. The van der Waals surface area contributed by atoms with Crippen molar-refractivity contribution in [3.8, 4) is 22.5 Å². The van der Waals surface area contributed by atoms with E-state index in [2.05, 4.69) is 20.6 Å². The molecule has 4 rings (SSSR count). The Morgan fingerprint density at radius 1 is 1.00 bits per heavy atom. The molecule has 5 nitrogen and oxygen atoms in total. The van der Waals surface area contributed by atoms with E-state index in [4.69, 9.17) is 11.6 Å². The van der Waals surface area contributed by atoms with Crippen molar-refractivity contribution in [1.29, 1.82) is 0 Å². The summed E-state index contributed by atoms with van der Waals surface area (Å²) in [6.07, 6.45) is 0. The topological polar surface area (TPSA) is 69.8 Å². The molecule has 0 spiro atoms. The summed E-state index contributed by atoms with van der Waals surface area (Å²) in [5, 5.41) is 7.04. The minimum atomic E-state index is -0.399. The van der Waals surface area contributed by atoms with E-state index in [0.717, 1.165) is 22.5 Å². The van der Waals surface area contributed by atoms with Crippen LogP contribution in [0.2, 0.25) is 5.02 Å². The van der Waals surface area contributed by atoms with E-state index in [0.29, 0.717) is 23.1 Å². The van der Waals surface area contributed by atoms with Crippen molar-refractivity contribution < 1.29 is 0 Å². The minimum Gasteiger partial charge on any atom is -0.366 e. The van der Waals surface area contributed by atoms with Crippen molar-refractivity contribution in [3.05, 3.63) is 64.0 Å². The summed E-state index contributed by atoms with van der Waals surface area (Å²) >= 11 is 6.23. The van der Waals surface area contributed by atoms with Crippen LogP contribution < -0.4 is 16.3 Å². The molecule has 1 aromatic heterocycles. The highest BCUT2D eigenvalue weighted by atomic mass is 35.5. The summed E-state index contributed by atoms with van der Waals surface area (Å²) in [5.41, 5.74) is 4.56. The van der Waals surface area contributed by atoms with Crippen molar-refractivity contribution in [1.82, 2.24) is 9.97 Å². The maximum absolute atomic E-state index is 12.0. The Morgan fingerprint density at radius 2 is 1.83 bits per heavy atom. The van der Waals surface area contributed by atoms with Crippen molar-refractivity contribution in [2.75, 3.05) is 17.3 Å². The van der Waals surface area contributed by atoms with Crippen LogP contribution in [-0.4, -0.2) is 16.6 Å². The van der Waals surface area contributed by atoms with Crippen LogP contribution >= 0.6 is 11.6 Å². The molecular formula is C17H13ClN4O. The first-order valence-corrected chi connectivity index (χ1v) is 7.57. The predicted octanol–water partition coefficient (Wildman–Crippen LogP) is 3.55. The number of hydrogen-bond donors (Lipinski definition) is 3. The second kappa shape index (κ2) is 5.44. The van der Waals surface area contributed by atoms with Crippen LogP contribution in [0.5, 0.6) is 0 Å². The molecule has 0 saturated carbocycles. The van der Waals surface area contributed by atoms with Gasteiger partial charge in [-0.15, -0.1) is 0 Å². The maximum atomic E-state index is 12.0. The number of rotatable bonds is 2. The van der Waals surface area contributed by atoms with E-state index in [-0.39, 0.29) is 0 Å². The first-order valence-electron chi connectivity index (χ1n) is 7.19. The van der Waals surface area contributed by atoms with Crippen molar-refractivity contribution >= 4 is 23.0 Å². The van der Waals surface area contributed by atoms with Crippen LogP contribution in [0.25, 0.3) is 22.5 Å². The van der Waals surface area contributed by atoms with Gasteiger partial charge in [0.2, 0.25) is 0 Å². The first kappa shape index (κ1) is 13.8. The van der Waals surface area contributed by atoms with Gasteiger partial charge in [-0.05, 0) is 24.3 Å². The Morgan fingerprint density at radius 3 is 2.70 bits per heavy atom. The Kier molecular flexibility index (Phi) is 3.28. The molecule has 3 N–H and O–H groups in total. The molecule has 3 aromatic rings. The number of fused-ring (bicyclic) bond motifs is 1. The van der Waals surface area contributed by atoms with Gasteiger partial charge in [-0.3, -0.25) is 0 Å². The summed E-state index contributed by atoms with van der Waals surface area (Å²) in [6.45, 7) is 0.701. The molecule has 2 aromatic carbocycles. The number of anilines is 2. The van der Waals surface area contributed by atoms with E-state index in [1.165, 1.54) is 0 Å². The fourth-order valence-corrected chi connectivity index (χ4v) is 2.91. The molecule has 0 saturated heterocycles. The fraction of sp³-hybridized carbons (Fsp3) is 0.0588. The largest absolute Gasteiger partial charge is 0.366 e. The number of hydrogen-bond acceptors (Lipinski definition) is 4. The van der Waals surface area contributed by atoms with Crippen LogP contribution in [0.4, 0.5) is 11.4 Å². The summed E-state index contributed by atoms with van der Waals surface area (Å²) in [7, 11) is 0. The number of H-pyrrole nitrogens is 1. The van der Waals surface area contributed by atoms with Crippen LogP contribution in [0, 0.1) is 0 Å². The quantitative estimate of drug-likeness (QED) is 0.674. The third-order valence-electron chi connectivity index (χ3n) is 3.78. The Balaban J connectivity index is 1.84. The van der Waals surface area contributed by atoms with Crippen LogP contribution in [0.1, 0.15) is 0 Å². The zero-order valence-corrected chi connectivity index (χ0v) is 12.8. The molecule has 6 heteroatoms. The Hall–Kier alpha value is -2.79. The van der Waals surface area contributed by atoms with Crippen molar-refractivity contribution in [2.24, 2.45) is 0 Å². The van der Waals surface area contributed by atoms with Gasteiger partial charge < -0.3 is 15.6 Å². The van der Waals surface area contributed by atoms with Gasteiger partial charge in [0.15, 0.2) is 0 Å². The lowest BCUT2D eigenvalue weighted by molar-refractivity contribution is 1.09. The lowest BCUT2D eigenvalue weighted by atomic mass is 10.1. The van der Waals surface area contributed by atoms with E-state index in [1.807, 2.05) is 42.5 Å². The highest BCUT2D eigenvalue weighted by Gasteiger charge is 2.12. The molecule has 1 aliphatic heterocycles. The van der Waals surface area contributed by atoms with Gasteiger partial charge in [0.05, 0.1) is 29.4 Å². The first-order chi connectivity index (χ1) is 11.2. The summed E-state index contributed by atoms with van der Waals surface area (Å²) in [4.78, 5) is 18.8. The van der Waals surface area contributed by atoms with E-state index < -0.39 is 5.69 Å². The minimum absolute atomic E-state index is 0.399. The standard InChI is InChI=1S/C17H13ClN4O/c18-12-4-2-1-3-11(12)15-8-14(21-17(23)22-15)10-5-6-13-16(7-10)20-9-19-13/h1-8,19-20H,9H2,(H,21,22,23). The average molecular weight is 325 g/mol. The highest BCUT2D eigenvalue weighted by molar-refractivity contribution is 6.33. The summed E-state index contributed by atoms with van der Waals surface area (Å²) < 4.78 is 0. The molecule has 114 valence electrons. The Bertz CT molecular complexity index is 951. The van der Waals surface area contributed by atoms with Gasteiger partial charge in [0, 0.05) is 16.1 Å². The van der Waals surface area contributed by atoms with Gasteiger partial charge in [-0.2, -0.15) is 4.98 Å². The van der Waals surface area contributed by atoms with E-state index in [9.17, 15) is 4.79 Å². The third kappa shape index (κ3) is 2.55. The van der Waals surface area contributed by atoms with E-state index in [1.54, 1.807) is 6.07 Å². The number of aromatic amines is 1. The SMILES string of the molecule is O=c1nc(-c2ccc3c(c2)NCN3)cc(-c2ccccc2Cl)[nH]1. The number of benzene rings is 2. The van der Waals surface area contributed by atoms with Gasteiger partial charge in [0.25, 0.3) is 0 Å². The van der Waals surface area contributed by atoms with Gasteiger partial charge in [-0.25, -0.2) is 4.79 Å². The van der Waals surface area contributed by atoms with Crippen molar-refractivity contribution in [3.63, 3.8) is 0 Å². The van der Waals surface area contributed by atoms with Gasteiger partial charge in [-0.1, -0.05) is 35.9 Å². The lowest BCUT2D eigenvalue weighted by Gasteiger charge is -2.07. The summed E-state index contributed by atoms with van der Waals surface area (Å²) in [6, 6.07) is 15.1. The molecule has 0 aliphatic carbocycles. The number of halogens is 1. The molecule has 2 heterocycles. The molecule has 0 radical (unpaired) electrons. The highest BCUT2D eigenvalue weighted by Crippen LogP contribution is 2.32. The molecule has 0 fully saturated rings. The molecule has 0 atom stereocenters. The molecule has 1 aliphatic rings. The summed E-state index contributed by atoms with van der Waals surface area (Å²) in [5.74, 6) is 0. The van der Waals surface area contributed by atoms with Gasteiger partial charge >= 0.3 is 5.69 Å². The van der Waals surface area contributed by atoms with Crippen LogP contribution in [0.15, 0.2) is 53.3 Å². The molecule has 23 heavy (non-hydrogen) atoms. The smallest absolute Gasteiger partial charge is 0.345 e. The molecule has 0 bridgehead atoms. The van der Waals surface area contributed by atoms with Crippen LogP contribution in [-0.2, 0) is 0 Å². The third-order valence-corrected chi connectivity index (χ3v) is 4.11. The van der Waals surface area contributed by atoms with Gasteiger partial charge in [0.1, 0.15) is 0 Å². The number of aromatic nitrogens is 2. The zero-order valence-electron chi connectivity index (χ0n) is 12.1. The zero-order chi connectivity index (χ0) is 15.8. The second-order valence-corrected chi connectivity index (χ2v) is 5.66. The van der Waals surface area contributed by atoms with Crippen LogP contribution in [0.3, 0.4) is 0 Å². The number of nitrogens with one attached hydrogen (secondary N) is 3. The average Bonchev–Trinajstić information content (AvgIpc) is 3.02. The predicted molar refractivity (Wildman–Crippen MR) is 92.9 cm³/mol. The van der Waals surface area contributed by atoms with E-state index >= 15 is 0 Å². The number of nitrogens with zero attached hydrogens (tertiary/aromatic N) is 1. The lowest BCUT2D eigenvalue weighted by Crippen LogP contribution is -2.12. The molecular weight excluding hydrogens is 312 g/mol. The molecule has 0 unspecified atom stereocenters. The maximum Gasteiger partial charge on any atom is 0.345 e. The second-order valence-electron chi connectivity index (χ2n) is 5.26. The normalized spacial score (nSPS) is 12.4. The van der Waals surface area contributed by atoms with Crippen molar-refractivity contribution in [2.45, 2.75) is 0 Å². The monoisotopic (exact) mass is 324 g/mol. The molecule has 0 amide bonds.